The van der Waals surface area contributed by atoms with Gasteiger partial charge >= 0.3 is 0 Å². The fourth-order valence-electron chi connectivity index (χ4n) is 3.06. The molecule has 1 aromatic heterocycles. The molecule has 0 saturated heterocycles. The highest BCUT2D eigenvalue weighted by Gasteiger charge is 2.26. The molecule has 144 valence electrons. The van der Waals surface area contributed by atoms with Gasteiger partial charge in [0.05, 0.1) is 16.4 Å². The number of aromatic nitrogens is 1. The molecule has 1 amide bonds. The number of nitrogens with zero attached hydrogens (tertiary/aromatic N) is 2. The van der Waals surface area contributed by atoms with E-state index in [1.807, 2.05) is 6.92 Å². The number of nitro groups is 1. The van der Waals surface area contributed by atoms with Crippen LogP contribution in [0.15, 0.2) is 48.7 Å². The number of phenolic OH excluding ortho intramolecular Hbond substituents is 1. The van der Waals surface area contributed by atoms with E-state index in [4.69, 9.17) is 11.6 Å². The molecular weight excluding hydrogens is 382 g/mol. The molecule has 0 bridgehead atoms. The van der Waals surface area contributed by atoms with Crippen molar-refractivity contribution in [3.63, 3.8) is 0 Å². The van der Waals surface area contributed by atoms with E-state index in [9.17, 15) is 20.0 Å². The van der Waals surface area contributed by atoms with Crippen molar-refractivity contribution >= 4 is 34.1 Å². The van der Waals surface area contributed by atoms with E-state index >= 15 is 0 Å². The molecule has 2 aromatic carbocycles. The van der Waals surface area contributed by atoms with Crippen LogP contribution in [0.2, 0.25) is 5.02 Å². The van der Waals surface area contributed by atoms with Crippen molar-refractivity contribution in [3.8, 4) is 5.75 Å². The molecule has 28 heavy (non-hydrogen) atoms. The largest absolute Gasteiger partial charge is 0.505 e. The van der Waals surface area contributed by atoms with Crippen LogP contribution in [0.1, 0.15) is 36.9 Å². The lowest BCUT2D eigenvalue weighted by Gasteiger charge is -2.21. The summed E-state index contributed by atoms with van der Waals surface area (Å²) in [5.41, 5.74) is 0.744. The van der Waals surface area contributed by atoms with E-state index in [2.05, 4.69) is 10.3 Å². The molecule has 3 rings (SSSR count). The number of amides is 1. The molecule has 1 atom stereocenters. The van der Waals surface area contributed by atoms with Crippen LogP contribution < -0.4 is 5.32 Å². The third-order valence-electron chi connectivity index (χ3n) is 4.37. The minimum Gasteiger partial charge on any atom is -0.505 e. The molecular formula is C20H18ClN3O4. The Hall–Kier alpha value is -3.19. The van der Waals surface area contributed by atoms with Crippen LogP contribution >= 0.6 is 11.6 Å². The number of pyridine rings is 1. The van der Waals surface area contributed by atoms with Gasteiger partial charge in [-0.15, -0.1) is 0 Å². The first-order valence-electron chi connectivity index (χ1n) is 8.72. The van der Waals surface area contributed by atoms with Crippen LogP contribution in [0.4, 0.5) is 5.69 Å². The zero-order valence-electron chi connectivity index (χ0n) is 15.1. The standard InChI is InChI=1S/C20H18ClN3O4/c1-2-4-17(25)23-18(12-6-8-13(21)9-7-12)15-11-16(24(27)28)14-5-3-10-22-19(14)20(15)26/h3,5-11,18,26H,2,4H2,1H3,(H,23,25)/t18-/m0/s1. The van der Waals surface area contributed by atoms with Crippen LogP contribution in [-0.4, -0.2) is 20.9 Å². The highest BCUT2D eigenvalue weighted by atomic mass is 35.5. The van der Waals surface area contributed by atoms with E-state index in [0.717, 1.165) is 0 Å². The lowest BCUT2D eigenvalue weighted by atomic mass is 9.95. The minimum absolute atomic E-state index is 0.107. The molecule has 0 unspecified atom stereocenters. The van der Waals surface area contributed by atoms with Gasteiger partial charge in [-0.25, -0.2) is 0 Å². The smallest absolute Gasteiger partial charge is 0.279 e. The number of halogens is 1. The van der Waals surface area contributed by atoms with Gasteiger partial charge in [0.2, 0.25) is 5.91 Å². The van der Waals surface area contributed by atoms with Crippen LogP contribution in [0.25, 0.3) is 10.9 Å². The van der Waals surface area contributed by atoms with Crippen molar-refractivity contribution in [2.45, 2.75) is 25.8 Å². The van der Waals surface area contributed by atoms with E-state index in [-0.39, 0.29) is 33.8 Å². The molecule has 3 aromatic rings. The third-order valence-corrected chi connectivity index (χ3v) is 4.62. The average Bonchev–Trinajstić information content (AvgIpc) is 2.68. The van der Waals surface area contributed by atoms with Crippen LogP contribution in [-0.2, 0) is 4.79 Å². The van der Waals surface area contributed by atoms with Crippen molar-refractivity contribution in [2.24, 2.45) is 0 Å². The SMILES string of the molecule is CCCC(=O)N[C@@H](c1ccc(Cl)cc1)c1cc([N+](=O)[O-])c2cccnc2c1O. The van der Waals surface area contributed by atoms with Crippen molar-refractivity contribution in [3.05, 3.63) is 74.9 Å². The van der Waals surface area contributed by atoms with E-state index in [1.165, 1.54) is 18.3 Å². The summed E-state index contributed by atoms with van der Waals surface area (Å²) in [5.74, 6) is -0.441. The number of hydrogen-bond donors (Lipinski definition) is 2. The monoisotopic (exact) mass is 399 g/mol. The van der Waals surface area contributed by atoms with E-state index in [0.29, 0.717) is 23.4 Å². The molecule has 7 nitrogen and oxygen atoms in total. The number of carbonyl (C=O) groups excluding carboxylic acids is 1. The fourth-order valence-corrected chi connectivity index (χ4v) is 3.18. The predicted octanol–water partition coefficient (Wildman–Crippen LogP) is 4.51. The van der Waals surface area contributed by atoms with Gasteiger partial charge in [0.1, 0.15) is 11.3 Å². The first-order valence-corrected chi connectivity index (χ1v) is 9.10. The van der Waals surface area contributed by atoms with Crippen LogP contribution in [0.5, 0.6) is 5.75 Å². The number of aromatic hydroxyl groups is 1. The normalized spacial score (nSPS) is 11.9. The van der Waals surface area contributed by atoms with Crippen molar-refractivity contribution in [1.29, 1.82) is 0 Å². The second-order valence-electron chi connectivity index (χ2n) is 6.29. The topological polar surface area (TPSA) is 105 Å². The highest BCUT2D eigenvalue weighted by Crippen LogP contribution is 2.39. The Balaban J connectivity index is 2.22. The summed E-state index contributed by atoms with van der Waals surface area (Å²) in [6, 6.07) is 10.3. The van der Waals surface area contributed by atoms with Gasteiger partial charge in [-0.05, 0) is 36.2 Å². The maximum atomic E-state index is 12.3. The molecule has 0 radical (unpaired) electrons. The van der Waals surface area contributed by atoms with Crippen LogP contribution in [0.3, 0.4) is 0 Å². The number of nitro benzene ring substituents is 1. The molecule has 0 spiro atoms. The molecule has 0 aliphatic rings. The number of nitrogens with one attached hydrogen (secondary N) is 1. The summed E-state index contributed by atoms with van der Waals surface area (Å²) in [4.78, 5) is 27.5. The first-order chi connectivity index (χ1) is 13.4. The molecule has 8 heteroatoms. The Bertz CT molecular complexity index is 1040. The Morgan fingerprint density at radius 2 is 2.04 bits per heavy atom. The summed E-state index contributed by atoms with van der Waals surface area (Å²) in [6.45, 7) is 1.87. The van der Waals surface area contributed by atoms with E-state index < -0.39 is 11.0 Å². The van der Waals surface area contributed by atoms with Gasteiger partial charge in [0, 0.05) is 29.3 Å². The Kier molecular flexibility index (Phi) is 5.75. The van der Waals surface area contributed by atoms with Crippen LogP contribution in [0, 0.1) is 10.1 Å². The number of non-ortho nitro benzene ring substituents is 1. The van der Waals surface area contributed by atoms with E-state index in [1.54, 1.807) is 30.3 Å². The summed E-state index contributed by atoms with van der Waals surface area (Å²) < 4.78 is 0. The zero-order valence-corrected chi connectivity index (χ0v) is 15.8. The van der Waals surface area contributed by atoms with Gasteiger partial charge in [0.25, 0.3) is 5.69 Å². The Morgan fingerprint density at radius 1 is 1.32 bits per heavy atom. The quantitative estimate of drug-likeness (QED) is 0.468. The number of phenols is 1. The first kappa shape index (κ1) is 19.6. The maximum Gasteiger partial charge on any atom is 0.279 e. The summed E-state index contributed by atoms with van der Waals surface area (Å²) in [7, 11) is 0. The van der Waals surface area contributed by atoms with Crippen molar-refractivity contribution in [1.82, 2.24) is 10.3 Å². The van der Waals surface area contributed by atoms with Crippen molar-refractivity contribution < 1.29 is 14.8 Å². The number of benzene rings is 2. The molecule has 0 fully saturated rings. The highest BCUT2D eigenvalue weighted by molar-refractivity contribution is 6.30. The zero-order chi connectivity index (χ0) is 20.3. The van der Waals surface area contributed by atoms with Gasteiger partial charge in [0.15, 0.2) is 0 Å². The third kappa shape index (κ3) is 3.89. The number of carbonyl (C=O) groups is 1. The molecule has 0 aliphatic heterocycles. The number of hydrogen-bond acceptors (Lipinski definition) is 5. The lowest BCUT2D eigenvalue weighted by Crippen LogP contribution is -2.29. The summed E-state index contributed by atoms with van der Waals surface area (Å²) in [6.07, 6.45) is 2.38. The summed E-state index contributed by atoms with van der Waals surface area (Å²) in [5, 5.41) is 26.0. The van der Waals surface area contributed by atoms with Gasteiger partial charge in [-0.1, -0.05) is 30.7 Å². The van der Waals surface area contributed by atoms with Gasteiger partial charge in [-0.3, -0.25) is 19.9 Å². The second kappa shape index (κ2) is 8.22. The van der Waals surface area contributed by atoms with Gasteiger partial charge in [-0.2, -0.15) is 0 Å². The molecule has 1 heterocycles. The number of fused-ring (bicyclic) bond motifs is 1. The lowest BCUT2D eigenvalue weighted by molar-refractivity contribution is -0.383. The maximum absolute atomic E-state index is 12.3. The molecule has 2 N–H and O–H groups in total. The Labute approximate surface area is 166 Å². The predicted molar refractivity (Wildman–Crippen MR) is 106 cm³/mol. The fraction of sp³-hybridized carbons (Fsp3) is 0.200. The molecule has 0 saturated carbocycles. The average molecular weight is 400 g/mol. The summed E-state index contributed by atoms with van der Waals surface area (Å²) >= 11 is 5.96. The number of rotatable bonds is 6. The Morgan fingerprint density at radius 3 is 2.68 bits per heavy atom. The second-order valence-corrected chi connectivity index (χ2v) is 6.73. The minimum atomic E-state index is -0.790. The van der Waals surface area contributed by atoms with Gasteiger partial charge < -0.3 is 10.4 Å². The van der Waals surface area contributed by atoms with Crippen molar-refractivity contribution in [2.75, 3.05) is 0 Å². The molecule has 0 aliphatic carbocycles.